The van der Waals surface area contributed by atoms with Crippen molar-refractivity contribution in [2.45, 2.75) is 6.42 Å². The predicted octanol–water partition coefficient (Wildman–Crippen LogP) is 2.10. The maximum atomic E-state index is 7.57. The van der Waals surface area contributed by atoms with E-state index in [0.29, 0.717) is 0 Å². The summed E-state index contributed by atoms with van der Waals surface area (Å²) in [7, 11) is 0. The van der Waals surface area contributed by atoms with Crippen molar-refractivity contribution in [1.82, 2.24) is 4.98 Å². The molecule has 2 heteroatoms. The number of hydrogen-bond acceptors (Lipinski definition) is 1. The van der Waals surface area contributed by atoms with Crippen molar-refractivity contribution in [2.24, 2.45) is 0 Å². The normalized spacial score (nSPS) is 15.8. The first-order valence-electron chi connectivity index (χ1n) is 4.55. The van der Waals surface area contributed by atoms with Gasteiger partial charge in [-0.2, -0.15) is 0 Å². The summed E-state index contributed by atoms with van der Waals surface area (Å²) in [5.74, 6) is 0.944. The Hall–Kier alpha value is -1.44. The molecular weight excluding hydrogens is 150 g/mol. The molecule has 2 heterocycles. The van der Waals surface area contributed by atoms with Crippen LogP contribution in [0.5, 0.6) is 5.75 Å². The Balaban J connectivity index is 2.38. The molecule has 1 aromatic heterocycles. The van der Waals surface area contributed by atoms with E-state index in [1.807, 2.05) is 12.1 Å². The molecule has 3 rings (SSSR count). The highest BCUT2D eigenvalue weighted by Gasteiger charge is 2.12. The number of hydrogen-bond donors (Lipinski definition) is 1. The number of aromatic amines is 1. The number of H-pyrrole nitrogens is 1. The van der Waals surface area contributed by atoms with E-state index in [0.717, 1.165) is 29.7 Å². The van der Waals surface area contributed by atoms with Crippen molar-refractivity contribution in [3.63, 3.8) is 0 Å². The minimum Gasteiger partial charge on any atom is -0.493 e. The Morgan fingerprint density at radius 2 is 2.50 bits per heavy atom. The molecule has 1 aliphatic heterocycles. The molecule has 0 fully saturated rings. The zero-order valence-electron chi connectivity index (χ0n) is 7.58. The van der Waals surface area contributed by atoms with Crippen molar-refractivity contribution >= 4 is 10.9 Å². The van der Waals surface area contributed by atoms with Crippen LogP contribution in [0.3, 0.4) is 0 Å². The third-order valence-corrected chi connectivity index (χ3v) is 2.31. The minimum atomic E-state index is 0.778. The molecule has 0 bridgehead atoms. The zero-order chi connectivity index (χ0) is 8.84. The van der Waals surface area contributed by atoms with Crippen molar-refractivity contribution in [3.8, 4) is 5.75 Å². The van der Waals surface area contributed by atoms with Gasteiger partial charge in [0.15, 0.2) is 1.41 Å². The van der Waals surface area contributed by atoms with Gasteiger partial charge in [-0.05, 0) is 23.1 Å². The molecule has 0 saturated carbocycles. The molecule has 1 aliphatic rings. The number of ether oxygens (including phenoxy) is 1. The molecule has 0 saturated heterocycles. The van der Waals surface area contributed by atoms with Crippen LogP contribution >= 0.6 is 0 Å². The van der Waals surface area contributed by atoms with Crippen molar-refractivity contribution in [1.29, 1.82) is 0 Å². The third-order valence-electron chi connectivity index (χ3n) is 2.31. The second-order valence-corrected chi connectivity index (χ2v) is 3.06. The van der Waals surface area contributed by atoms with Gasteiger partial charge < -0.3 is 9.71 Å². The second kappa shape index (κ2) is 2.03. The Morgan fingerprint density at radius 3 is 3.50 bits per heavy atom. The van der Waals surface area contributed by atoms with Crippen LogP contribution in [0, 0.1) is 0 Å². The molecule has 0 atom stereocenters. The maximum Gasteiger partial charge on any atom is 0.166 e. The number of aromatic nitrogens is 1. The standard InChI is InChI=1S/C10H9NO/c1-3-11-9-6-10-8(2-4-12-10)5-7(1)9/h1,3,5-6,11H,2,4H2/i/hD. The van der Waals surface area contributed by atoms with Gasteiger partial charge in [0.2, 0.25) is 0 Å². The molecule has 60 valence electrons. The van der Waals surface area contributed by atoms with Gasteiger partial charge in [-0.15, -0.1) is 0 Å². The van der Waals surface area contributed by atoms with E-state index in [1.54, 1.807) is 6.20 Å². The monoisotopic (exact) mass is 160 g/mol. The highest BCUT2D eigenvalue weighted by Crippen LogP contribution is 2.29. The topological polar surface area (TPSA) is 25.0 Å². The van der Waals surface area contributed by atoms with Crippen LogP contribution in [-0.4, -0.2) is 11.6 Å². The lowest BCUT2D eigenvalue weighted by atomic mass is 10.1. The molecule has 2 aromatic rings. The molecule has 12 heavy (non-hydrogen) atoms. The fourth-order valence-electron chi connectivity index (χ4n) is 1.68. The summed E-state index contributed by atoms with van der Waals surface area (Å²) in [5.41, 5.74) is 2.18. The number of nitrogens with one attached hydrogen (secondary N) is 1. The third kappa shape index (κ3) is 0.694. The summed E-state index contributed by atoms with van der Waals surface area (Å²) in [5, 5.41) is 1.12. The molecule has 0 aliphatic carbocycles. The van der Waals surface area contributed by atoms with Gasteiger partial charge in [0.25, 0.3) is 0 Å². The van der Waals surface area contributed by atoms with Crippen LogP contribution in [0.4, 0.5) is 0 Å². The van der Waals surface area contributed by atoms with Gasteiger partial charge in [-0.3, -0.25) is 0 Å². The number of rotatable bonds is 0. The van der Waals surface area contributed by atoms with Gasteiger partial charge in [0.05, 0.1) is 6.61 Å². The van der Waals surface area contributed by atoms with Crippen LogP contribution in [0.15, 0.2) is 24.4 Å². The van der Waals surface area contributed by atoms with Crippen LogP contribution in [0.2, 0.25) is 1.41 Å². The predicted molar refractivity (Wildman–Crippen MR) is 47.5 cm³/mol. The first-order valence-corrected chi connectivity index (χ1v) is 4.10. The van der Waals surface area contributed by atoms with Crippen LogP contribution in [0.25, 0.3) is 10.9 Å². The van der Waals surface area contributed by atoms with Crippen LogP contribution in [-0.2, 0) is 6.42 Å². The largest absolute Gasteiger partial charge is 0.493 e. The highest BCUT2D eigenvalue weighted by molar-refractivity contribution is 5.82. The first-order chi connectivity index (χ1) is 6.34. The summed E-state index contributed by atoms with van der Waals surface area (Å²) in [6, 6.07) is 6.02. The summed E-state index contributed by atoms with van der Waals surface area (Å²) >= 11 is 0. The quantitative estimate of drug-likeness (QED) is 0.627. The van der Waals surface area contributed by atoms with E-state index < -0.39 is 0 Å². The Morgan fingerprint density at radius 1 is 1.50 bits per heavy atom. The van der Waals surface area contributed by atoms with Crippen molar-refractivity contribution in [3.05, 3.63) is 30.0 Å². The average Bonchev–Trinajstić information content (AvgIpc) is 2.70. The number of benzene rings is 1. The van der Waals surface area contributed by atoms with Gasteiger partial charge >= 0.3 is 0 Å². The van der Waals surface area contributed by atoms with E-state index in [4.69, 9.17) is 6.15 Å². The van der Waals surface area contributed by atoms with Crippen LogP contribution in [0.1, 0.15) is 5.56 Å². The SMILES string of the molecule is [2H]n1ccc2cc3c(cc21)OCC3. The van der Waals surface area contributed by atoms with Crippen LogP contribution < -0.4 is 4.74 Å². The molecule has 1 aromatic carbocycles. The van der Waals surface area contributed by atoms with Gasteiger partial charge in [-0.1, -0.05) is 0 Å². The van der Waals surface area contributed by atoms with Gasteiger partial charge in [-0.25, -0.2) is 0 Å². The van der Waals surface area contributed by atoms with E-state index in [9.17, 15) is 0 Å². The summed E-state index contributed by atoms with van der Waals surface area (Å²) in [6.45, 7) is 0.778. The summed E-state index contributed by atoms with van der Waals surface area (Å²) < 4.78 is 13.0. The van der Waals surface area contributed by atoms with Crippen molar-refractivity contribution < 1.29 is 6.15 Å². The molecule has 0 unspecified atom stereocenters. The van der Waals surface area contributed by atoms with E-state index in [1.165, 1.54) is 10.5 Å². The number of fused-ring (bicyclic) bond motifs is 2. The van der Waals surface area contributed by atoms with E-state index >= 15 is 0 Å². The fourth-order valence-corrected chi connectivity index (χ4v) is 1.68. The Kier molecular flexibility index (Phi) is 0.889. The second-order valence-electron chi connectivity index (χ2n) is 3.06. The molecule has 0 radical (unpaired) electrons. The highest BCUT2D eigenvalue weighted by atomic mass is 16.5. The van der Waals surface area contributed by atoms with Gasteiger partial charge in [0, 0.05) is 24.2 Å². The van der Waals surface area contributed by atoms with E-state index in [2.05, 4.69) is 6.07 Å². The molecule has 2 nitrogen and oxygen atoms in total. The molecule has 0 spiro atoms. The molecule has 1 N–H and O–H groups in total. The van der Waals surface area contributed by atoms with Crippen molar-refractivity contribution in [2.75, 3.05) is 6.61 Å². The molecule has 0 amide bonds. The lowest BCUT2D eigenvalue weighted by Crippen LogP contribution is -1.85. The lowest BCUT2D eigenvalue weighted by Gasteiger charge is -1.97. The Labute approximate surface area is 71.6 Å². The minimum absolute atomic E-state index is 0.778. The lowest BCUT2D eigenvalue weighted by molar-refractivity contribution is 0.357. The summed E-state index contributed by atoms with van der Waals surface area (Å²) in [4.78, 5) is 1.37. The Bertz CT molecular complexity index is 475. The van der Waals surface area contributed by atoms with Gasteiger partial charge in [0.1, 0.15) is 5.75 Å². The average molecular weight is 160 g/mol. The zero-order valence-corrected chi connectivity index (χ0v) is 6.58. The van der Waals surface area contributed by atoms with E-state index in [-0.39, 0.29) is 0 Å². The first kappa shape index (κ1) is 5.25. The smallest absolute Gasteiger partial charge is 0.166 e. The molecular formula is C10H9NO. The fraction of sp³-hybridized carbons (Fsp3) is 0.200. The summed E-state index contributed by atoms with van der Waals surface area (Å²) in [6.07, 6.45) is 2.74. The maximum absolute atomic E-state index is 7.57.